The number of rotatable bonds is 5. The van der Waals surface area contributed by atoms with Gasteiger partial charge in [0.25, 0.3) is 0 Å². The number of anilines is 3. The topological polar surface area (TPSA) is 58.2 Å². The van der Waals surface area contributed by atoms with Gasteiger partial charge in [-0.1, -0.05) is 17.7 Å². The van der Waals surface area contributed by atoms with E-state index in [2.05, 4.69) is 10.0 Å². The average Bonchev–Trinajstić information content (AvgIpc) is 2.45. The van der Waals surface area contributed by atoms with Gasteiger partial charge in [0.15, 0.2) is 0 Å². The molecule has 0 bridgehead atoms. The van der Waals surface area contributed by atoms with Crippen molar-refractivity contribution in [2.75, 3.05) is 15.8 Å². The van der Waals surface area contributed by atoms with Crippen molar-refractivity contribution in [1.29, 1.82) is 0 Å². The summed E-state index contributed by atoms with van der Waals surface area (Å²) in [4.78, 5) is 0. The molecule has 2 N–H and O–H groups in total. The van der Waals surface area contributed by atoms with Crippen LogP contribution in [-0.4, -0.2) is 14.2 Å². The first-order valence-electron chi connectivity index (χ1n) is 6.53. The van der Waals surface area contributed by atoms with Gasteiger partial charge in [-0.2, -0.15) is 0 Å². The third-order valence-electron chi connectivity index (χ3n) is 3.00. The summed E-state index contributed by atoms with van der Waals surface area (Å²) in [6, 6.07) is 12.8. The van der Waals surface area contributed by atoms with Gasteiger partial charge in [-0.3, -0.25) is 4.72 Å². The Bertz CT molecular complexity index is 728. The van der Waals surface area contributed by atoms with Crippen LogP contribution in [0.2, 0.25) is 5.02 Å². The first-order chi connectivity index (χ1) is 9.89. The van der Waals surface area contributed by atoms with Crippen molar-refractivity contribution in [2.24, 2.45) is 0 Å². The fourth-order valence-corrected chi connectivity index (χ4v) is 2.53. The zero-order chi connectivity index (χ0) is 15.5. The van der Waals surface area contributed by atoms with Crippen molar-refractivity contribution in [2.45, 2.75) is 13.8 Å². The summed E-state index contributed by atoms with van der Waals surface area (Å²) in [5, 5.41) is 3.92. The van der Waals surface area contributed by atoms with E-state index in [1.807, 2.05) is 25.1 Å². The van der Waals surface area contributed by atoms with Crippen molar-refractivity contribution in [3.63, 3.8) is 0 Å². The van der Waals surface area contributed by atoms with E-state index in [0.717, 1.165) is 16.9 Å². The molecule has 0 aromatic heterocycles. The molecule has 0 aliphatic heterocycles. The maximum atomic E-state index is 11.5. The van der Waals surface area contributed by atoms with Gasteiger partial charge < -0.3 is 5.32 Å². The van der Waals surface area contributed by atoms with E-state index in [1.54, 1.807) is 31.2 Å². The van der Waals surface area contributed by atoms with E-state index in [-0.39, 0.29) is 5.75 Å². The predicted octanol–water partition coefficient (Wildman–Crippen LogP) is 4.15. The molecule has 2 aromatic carbocycles. The molecule has 2 aromatic rings. The van der Waals surface area contributed by atoms with Gasteiger partial charge in [0.1, 0.15) is 0 Å². The normalized spacial score (nSPS) is 11.2. The summed E-state index contributed by atoms with van der Waals surface area (Å²) in [5.74, 6) is 0.0505. The number of benzene rings is 2. The zero-order valence-corrected chi connectivity index (χ0v) is 13.4. The molecule has 0 saturated carbocycles. The molecular weight excluding hydrogens is 308 g/mol. The largest absolute Gasteiger partial charge is 0.355 e. The highest BCUT2D eigenvalue weighted by Crippen LogP contribution is 2.24. The highest BCUT2D eigenvalue weighted by atomic mass is 35.5. The Morgan fingerprint density at radius 3 is 2.14 bits per heavy atom. The molecule has 0 fully saturated rings. The van der Waals surface area contributed by atoms with Crippen molar-refractivity contribution >= 4 is 38.7 Å². The molecule has 6 heteroatoms. The predicted molar refractivity (Wildman–Crippen MR) is 89.0 cm³/mol. The molecule has 21 heavy (non-hydrogen) atoms. The molecule has 0 aliphatic carbocycles. The van der Waals surface area contributed by atoms with Gasteiger partial charge >= 0.3 is 0 Å². The number of halogens is 1. The van der Waals surface area contributed by atoms with Crippen LogP contribution in [0, 0.1) is 6.92 Å². The van der Waals surface area contributed by atoms with Crippen LogP contribution < -0.4 is 10.0 Å². The molecule has 0 saturated heterocycles. The Morgan fingerprint density at radius 1 is 1.00 bits per heavy atom. The van der Waals surface area contributed by atoms with Gasteiger partial charge in [0.2, 0.25) is 10.0 Å². The third-order valence-corrected chi connectivity index (χ3v) is 4.71. The molecule has 4 nitrogen and oxygen atoms in total. The fourth-order valence-electron chi connectivity index (χ4n) is 1.71. The monoisotopic (exact) mass is 324 g/mol. The van der Waals surface area contributed by atoms with Crippen LogP contribution in [0.25, 0.3) is 0 Å². The lowest BCUT2D eigenvalue weighted by atomic mass is 10.2. The second kappa shape index (κ2) is 6.37. The number of sulfonamides is 1. The minimum absolute atomic E-state index is 0.0505. The summed E-state index contributed by atoms with van der Waals surface area (Å²) >= 11 is 6.08. The van der Waals surface area contributed by atoms with Gasteiger partial charge in [0, 0.05) is 22.1 Å². The SMILES string of the molecule is CCS(=O)(=O)Nc1ccc(Nc2ccc(C)c(Cl)c2)cc1. The van der Waals surface area contributed by atoms with Crippen LogP contribution in [0.5, 0.6) is 0 Å². The Hall–Kier alpha value is -1.72. The fraction of sp³-hybridized carbons (Fsp3) is 0.200. The molecule has 0 radical (unpaired) electrons. The van der Waals surface area contributed by atoms with Gasteiger partial charge in [-0.15, -0.1) is 0 Å². The summed E-state index contributed by atoms with van der Waals surface area (Å²) in [5.41, 5.74) is 3.30. The summed E-state index contributed by atoms with van der Waals surface area (Å²) in [7, 11) is -3.24. The van der Waals surface area contributed by atoms with Crippen LogP contribution in [0.3, 0.4) is 0 Å². The highest BCUT2D eigenvalue weighted by molar-refractivity contribution is 7.92. The van der Waals surface area contributed by atoms with Gasteiger partial charge in [-0.25, -0.2) is 8.42 Å². The second-order valence-corrected chi connectivity index (χ2v) is 7.09. The van der Waals surface area contributed by atoms with Crippen LogP contribution in [0.4, 0.5) is 17.1 Å². The Balaban J connectivity index is 2.10. The maximum absolute atomic E-state index is 11.5. The van der Waals surface area contributed by atoms with E-state index in [4.69, 9.17) is 11.6 Å². The Morgan fingerprint density at radius 2 is 1.57 bits per heavy atom. The third kappa shape index (κ3) is 4.37. The Labute approximate surface area is 130 Å². The van der Waals surface area contributed by atoms with Crippen molar-refractivity contribution in [1.82, 2.24) is 0 Å². The molecule has 0 atom stereocenters. The standard InChI is InChI=1S/C15H17ClN2O2S/c1-3-21(19,20)18-13-8-6-12(7-9-13)17-14-5-4-11(2)15(16)10-14/h4-10,17-18H,3H2,1-2H3. The molecule has 112 valence electrons. The van der Waals surface area contributed by atoms with E-state index < -0.39 is 10.0 Å². The lowest BCUT2D eigenvalue weighted by molar-refractivity contribution is 0.602. The zero-order valence-electron chi connectivity index (χ0n) is 11.9. The van der Waals surface area contributed by atoms with Crippen molar-refractivity contribution in [3.8, 4) is 0 Å². The molecule has 0 spiro atoms. The van der Waals surface area contributed by atoms with E-state index >= 15 is 0 Å². The van der Waals surface area contributed by atoms with Crippen LogP contribution in [0.15, 0.2) is 42.5 Å². The minimum atomic E-state index is -3.24. The van der Waals surface area contributed by atoms with Gasteiger partial charge in [0.05, 0.1) is 5.75 Å². The molecule has 0 aliphatic rings. The van der Waals surface area contributed by atoms with Crippen molar-refractivity contribution in [3.05, 3.63) is 53.1 Å². The maximum Gasteiger partial charge on any atom is 0.232 e. The van der Waals surface area contributed by atoms with Crippen LogP contribution >= 0.6 is 11.6 Å². The highest BCUT2D eigenvalue weighted by Gasteiger charge is 2.06. The number of hydrogen-bond acceptors (Lipinski definition) is 3. The molecule has 2 rings (SSSR count). The number of hydrogen-bond donors (Lipinski definition) is 2. The van der Waals surface area contributed by atoms with Crippen molar-refractivity contribution < 1.29 is 8.42 Å². The summed E-state index contributed by atoms with van der Waals surface area (Å²) < 4.78 is 25.4. The lowest BCUT2D eigenvalue weighted by Crippen LogP contribution is -2.14. The Kier molecular flexibility index (Phi) is 4.75. The van der Waals surface area contributed by atoms with E-state index in [9.17, 15) is 8.42 Å². The smallest absolute Gasteiger partial charge is 0.232 e. The average molecular weight is 325 g/mol. The minimum Gasteiger partial charge on any atom is -0.355 e. The quantitative estimate of drug-likeness (QED) is 0.868. The first kappa shape index (κ1) is 15.7. The molecular formula is C15H17ClN2O2S. The molecule has 0 unspecified atom stereocenters. The first-order valence-corrected chi connectivity index (χ1v) is 8.56. The molecule has 0 amide bonds. The lowest BCUT2D eigenvalue weighted by Gasteiger charge is -2.10. The molecule has 0 heterocycles. The van der Waals surface area contributed by atoms with E-state index in [1.165, 1.54) is 0 Å². The number of nitrogens with one attached hydrogen (secondary N) is 2. The van der Waals surface area contributed by atoms with Crippen LogP contribution in [0.1, 0.15) is 12.5 Å². The summed E-state index contributed by atoms with van der Waals surface area (Å²) in [6.45, 7) is 3.54. The summed E-state index contributed by atoms with van der Waals surface area (Å²) in [6.07, 6.45) is 0. The van der Waals surface area contributed by atoms with Gasteiger partial charge in [-0.05, 0) is 55.8 Å². The van der Waals surface area contributed by atoms with E-state index in [0.29, 0.717) is 10.7 Å². The number of aryl methyl sites for hydroxylation is 1. The second-order valence-electron chi connectivity index (χ2n) is 4.67. The van der Waals surface area contributed by atoms with Crippen LogP contribution in [-0.2, 0) is 10.0 Å².